The van der Waals surface area contributed by atoms with Crippen LogP contribution in [0.3, 0.4) is 0 Å². The molecule has 1 N–H and O–H groups in total. The molecule has 2 aliphatic heterocycles. The molecule has 0 radical (unpaired) electrons. The van der Waals surface area contributed by atoms with Gasteiger partial charge in [-0.3, -0.25) is 10.1 Å². The Morgan fingerprint density at radius 3 is 2.65 bits per heavy atom. The molecule has 0 aromatic carbocycles. The van der Waals surface area contributed by atoms with Gasteiger partial charge in [-0.05, 0) is 39.5 Å². The van der Waals surface area contributed by atoms with Crippen molar-refractivity contribution in [1.29, 1.82) is 0 Å². The Morgan fingerprint density at radius 1 is 1.35 bits per heavy atom. The zero-order valence-corrected chi connectivity index (χ0v) is 11.0. The fourth-order valence-electron chi connectivity index (χ4n) is 2.75. The molecule has 2 saturated heterocycles. The largest absolute Gasteiger partial charge is 0.379 e. The number of hydrogen-bond acceptors (Lipinski definition) is 3. The fourth-order valence-corrected chi connectivity index (χ4v) is 2.75. The van der Waals surface area contributed by atoms with E-state index in [0.717, 1.165) is 39.0 Å². The first kappa shape index (κ1) is 12.8. The first-order valence-electron chi connectivity index (χ1n) is 6.75. The summed E-state index contributed by atoms with van der Waals surface area (Å²) >= 11 is 0. The minimum atomic E-state index is -0.0974. The Bertz CT molecular complexity index is 269. The van der Waals surface area contributed by atoms with Gasteiger partial charge in [-0.1, -0.05) is 0 Å². The van der Waals surface area contributed by atoms with Gasteiger partial charge in [-0.25, -0.2) is 0 Å². The predicted octanol–water partition coefficient (Wildman–Crippen LogP) is 1.16. The fraction of sp³-hybridized carbons (Fsp3) is 0.923. The Balaban J connectivity index is 1.85. The second-order valence-corrected chi connectivity index (χ2v) is 5.62. The van der Waals surface area contributed by atoms with Crippen molar-refractivity contribution in [2.24, 2.45) is 0 Å². The van der Waals surface area contributed by atoms with Crippen molar-refractivity contribution in [2.45, 2.75) is 51.1 Å². The van der Waals surface area contributed by atoms with Gasteiger partial charge in [-0.15, -0.1) is 0 Å². The Labute approximate surface area is 104 Å². The van der Waals surface area contributed by atoms with Crippen LogP contribution in [0.4, 0.5) is 0 Å². The minimum absolute atomic E-state index is 0.0230. The molecule has 17 heavy (non-hydrogen) atoms. The van der Waals surface area contributed by atoms with Crippen LogP contribution in [0.2, 0.25) is 0 Å². The summed E-state index contributed by atoms with van der Waals surface area (Å²) in [6.07, 6.45) is 4.56. The summed E-state index contributed by atoms with van der Waals surface area (Å²) in [4.78, 5) is 14.3. The summed E-state index contributed by atoms with van der Waals surface area (Å²) in [6.45, 7) is 7.48. The smallest absolute Gasteiger partial charge is 0.239 e. The summed E-state index contributed by atoms with van der Waals surface area (Å²) in [5.74, 6) is 0.248. The average Bonchev–Trinajstić information content (AvgIpc) is 2.76. The van der Waals surface area contributed by atoms with E-state index in [-0.39, 0.29) is 17.5 Å². The second-order valence-electron chi connectivity index (χ2n) is 5.62. The highest BCUT2D eigenvalue weighted by Crippen LogP contribution is 2.19. The van der Waals surface area contributed by atoms with Gasteiger partial charge >= 0.3 is 0 Å². The van der Waals surface area contributed by atoms with Crippen molar-refractivity contribution in [3.05, 3.63) is 0 Å². The lowest BCUT2D eigenvalue weighted by Crippen LogP contribution is -2.54. The van der Waals surface area contributed by atoms with Crippen LogP contribution in [0.5, 0.6) is 0 Å². The molecule has 2 fully saturated rings. The van der Waals surface area contributed by atoms with E-state index in [9.17, 15) is 4.79 Å². The zero-order valence-electron chi connectivity index (χ0n) is 11.0. The summed E-state index contributed by atoms with van der Waals surface area (Å²) in [6, 6.07) is -0.0974. The SMILES string of the molecule is CC(NC1(C)CCOC1)C(=O)N1CCCCC1. The van der Waals surface area contributed by atoms with Crippen molar-refractivity contribution in [1.82, 2.24) is 10.2 Å². The zero-order chi connectivity index (χ0) is 12.3. The van der Waals surface area contributed by atoms with E-state index in [4.69, 9.17) is 4.74 Å². The number of nitrogens with one attached hydrogen (secondary N) is 1. The number of carbonyl (C=O) groups excluding carboxylic acids is 1. The van der Waals surface area contributed by atoms with Crippen LogP contribution < -0.4 is 5.32 Å². The third-order valence-corrected chi connectivity index (χ3v) is 3.82. The number of piperidine rings is 1. The summed E-state index contributed by atoms with van der Waals surface area (Å²) in [7, 11) is 0. The molecular formula is C13H24N2O2. The molecule has 1 amide bonds. The van der Waals surface area contributed by atoms with Gasteiger partial charge in [0.2, 0.25) is 5.91 Å². The lowest BCUT2D eigenvalue weighted by molar-refractivity contribution is -0.134. The normalized spacial score (nSPS) is 31.5. The Morgan fingerprint density at radius 2 is 2.06 bits per heavy atom. The number of likely N-dealkylation sites (tertiary alicyclic amines) is 1. The third-order valence-electron chi connectivity index (χ3n) is 3.82. The number of carbonyl (C=O) groups is 1. The van der Waals surface area contributed by atoms with E-state index in [1.165, 1.54) is 6.42 Å². The molecule has 4 heteroatoms. The molecule has 2 unspecified atom stereocenters. The molecule has 0 saturated carbocycles. The van der Waals surface area contributed by atoms with Crippen LogP contribution in [0.15, 0.2) is 0 Å². The monoisotopic (exact) mass is 240 g/mol. The molecule has 0 aromatic heterocycles. The molecule has 0 bridgehead atoms. The molecule has 2 heterocycles. The maximum atomic E-state index is 12.3. The van der Waals surface area contributed by atoms with Gasteiger partial charge in [0, 0.05) is 25.2 Å². The number of hydrogen-bond donors (Lipinski definition) is 1. The molecule has 0 spiro atoms. The summed E-state index contributed by atoms with van der Waals surface area (Å²) < 4.78 is 5.40. The van der Waals surface area contributed by atoms with Crippen LogP contribution in [0.1, 0.15) is 39.5 Å². The average molecular weight is 240 g/mol. The number of ether oxygens (including phenoxy) is 1. The van der Waals surface area contributed by atoms with E-state index in [2.05, 4.69) is 12.2 Å². The van der Waals surface area contributed by atoms with E-state index in [1.807, 2.05) is 11.8 Å². The molecule has 2 aliphatic rings. The number of rotatable bonds is 3. The summed E-state index contributed by atoms with van der Waals surface area (Å²) in [5.41, 5.74) is -0.0230. The molecule has 4 nitrogen and oxygen atoms in total. The highest BCUT2D eigenvalue weighted by molar-refractivity contribution is 5.81. The highest BCUT2D eigenvalue weighted by atomic mass is 16.5. The van der Waals surface area contributed by atoms with Gasteiger partial charge < -0.3 is 9.64 Å². The van der Waals surface area contributed by atoms with Gasteiger partial charge in [0.05, 0.1) is 12.6 Å². The van der Waals surface area contributed by atoms with Crippen molar-refractivity contribution >= 4 is 5.91 Å². The Hall–Kier alpha value is -0.610. The molecule has 0 aromatic rings. The maximum absolute atomic E-state index is 12.3. The molecule has 0 aliphatic carbocycles. The van der Waals surface area contributed by atoms with Crippen molar-refractivity contribution < 1.29 is 9.53 Å². The van der Waals surface area contributed by atoms with Gasteiger partial charge in [0.1, 0.15) is 0 Å². The van der Waals surface area contributed by atoms with Crippen LogP contribution in [0, 0.1) is 0 Å². The number of amides is 1. The lowest BCUT2D eigenvalue weighted by Gasteiger charge is -2.33. The topological polar surface area (TPSA) is 41.6 Å². The minimum Gasteiger partial charge on any atom is -0.379 e. The van der Waals surface area contributed by atoms with Gasteiger partial charge in [0.15, 0.2) is 0 Å². The standard InChI is InChI=1S/C13H24N2O2/c1-11(14-13(2)6-9-17-10-13)12(16)15-7-4-3-5-8-15/h11,14H,3-10H2,1-2H3. The van der Waals surface area contributed by atoms with E-state index in [1.54, 1.807) is 0 Å². The molecule has 2 rings (SSSR count). The van der Waals surface area contributed by atoms with Gasteiger partial charge in [-0.2, -0.15) is 0 Å². The molecule has 98 valence electrons. The van der Waals surface area contributed by atoms with Crippen LogP contribution >= 0.6 is 0 Å². The van der Waals surface area contributed by atoms with Crippen LogP contribution in [0.25, 0.3) is 0 Å². The van der Waals surface area contributed by atoms with E-state index < -0.39 is 0 Å². The van der Waals surface area contributed by atoms with Crippen LogP contribution in [-0.4, -0.2) is 48.7 Å². The number of nitrogens with zero attached hydrogens (tertiary/aromatic N) is 1. The lowest BCUT2D eigenvalue weighted by atomic mass is 10.00. The van der Waals surface area contributed by atoms with Gasteiger partial charge in [0.25, 0.3) is 0 Å². The second kappa shape index (κ2) is 5.36. The van der Waals surface area contributed by atoms with E-state index >= 15 is 0 Å². The first-order chi connectivity index (χ1) is 8.11. The third kappa shape index (κ3) is 3.19. The van der Waals surface area contributed by atoms with Crippen molar-refractivity contribution in [2.75, 3.05) is 26.3 Å². The molecule has 2 atom stereocenters. The van der Waals surface area contributed by atoms with Crippen molar-refractivity contribution in [3.8, 4) is 0 Å². The van der Waals surface area contributed by atoms with Crippen molar-refractivity contribution in [3.63, 3.8) is 0 Å². The van der Waals surface area contributed by atoms with E-state index in [0.29, 0.717) is 6.61 Å². The Kier molecular flexibility index (Phi) is 4.05. The molecular weight excluding hydrogens is 216 g/mol. The summed E-state index contributed by atoms with van der Waals surface area (Å²) in [5, 5.41) is 3.44. The first-order valence-corrected chi connectivity index (χ1v) is 6.75. The maximum Gasteiger partial charge on any atom is 0.239 e. The predicted molar refractivity (Wildman–Crippen MR) is 66.9 cm³/mol. The quantitative estimate of drug-likeness (QED) is 0.805. The van der Waals surface area contributed by atoms with Crippen LogP contribution in [-0.2, 0) is 9.53 Å². The highest BCUT2D eigenvalue weighted by Gasteiger charge is 2.33.